The maximum absolute atomic E-state index is 6.79. The first-order chi connectivity index (χ1) is 26.2. The standard InChI is InChI=1S/C46H37N5.C2H6/c1-2-13-31(28-48-37-22-9-8-18-35(37)45(47)30-15-4-3-5-16-30)49-51-40-24-11-19-33-34-20-10-21-36-42-32-17-7-6-14-29(32)26-27-39(42)50(46(34)36)38-23-12-25-41(51)44(38)43(33)40;1-2/h2-25,45,48-49H,1,26-28,47H2;1-2H3/b31-13-;. The van der Waals surface area contributed by atoms with Crippen molar-refractivity contribution in [2.75, 3.05) is 17.3 Å². The molecule has 1 aliphatic carbocycles. The number of aryl methyl sites for hydroxylation is 2. The van der Waals surface area contributed by atoms with Crippen LogP contribution in [0.15, 0.2) is 158 Å². The number of fused-ring (bicyclic) bond motifs is 7. The maximum Gasteiger partial charge on any atom is 0.0731 e. The van der Waals surface area contributed by atoms with E-state index in [1.54, 1.807) is 0 Å². The number of nitrogens with two attached hydrogens (primary N) is 1. The molecule has 1 aliphatic rings. The molecule has 0 fully saturated rings. The van der Waals surface area contributed by atoms with Gasteiger partial charge in [0.25, 0.3) is 0 Å². The second-order valence-corrected chi connectivity index (χ2v) is 13.6. The molecule has 3 heterocycles. The first-order valence-electron chi connectivity index (χ1n) is 18.7. The molecule has 5 nitrogen and oxygen atoms in total. The Morgan fingerprint density at radius 3 is 2.25 bits per heavy atom. The van der Waals surface area contributed by atoms with Crippen LogP contribution in [0.2, 0.25) is 0 Å². The largest absolute Gasteiger partial charge is 0.379 e. The van der Waals surface area contributed by atoms with Crippen molar-refractivity contribution in [1.29, 1.82) is 0 Å². The van der Waals surface area contributed by atoms with Crippen molar-refractivity contribution < 1.29 is 0 Å². The van der Waals surface area contributed by atoms with Gasteiger partial charge in [-0.3, -0.25) is 10.1 Å². The molecule has 6 aromatic carbocycles. The van der Waals surface area contributed by atoms with Crippen molar-refractivity contribution in [1.82, 2.24) is 9.08 Å². The summed E-state index contributed by atoms with van der Waals surface area (Å²) in [5, 5.41) is 10.1. The highest BCUT2D eigenvalue weighted by molar-refractivity contribution is 6.29. The van der Waals surface area contributed by atoms with E-state index < -0.39 is 0 Å². The third-order valence-electron chi connectivity index (χ3n) is 10.8. The van der Waals surface area contributed by atoms with Gasteiger partial charge in [-0.2, -0.15) is 0 Å². The molecule has 0 radical (unpaired) electrons. The van der Waals surface area contributed by atoms with Gasteiger partial charge in [-0.15, -0.1) is 0 Å². The van der Waals surface area contributed by atoms with E-state index in [1.807, 2.05) is 50.3 Å². The van der Waals surface area contributed by atoms with Crippen molar-refractivity contribution in [2.24, 2.45) is 5.73 Å². The molecule has 0 amide bonds. The average molecular weight is 690 g/mol. The summed E-state index contributed by atoms with van der Waals surface area (Å²) in [5.74, 6) is 0. The number of benzene rings is 6. The number of hydrogen-bond donors (Lipinski definition) is 3. The predicted octanol–water partition coefficient (Wildman–Crippen LogP) is 11.4. The van der Waals surface area contributed by atoms with Crippen molar-refractivity contribution in [3.05, 3.63) is 180 Å². The number of anilines is 1. The van der Waals surface area contributed by atoms with E-state index in [1.165, 1.54) is 60.3 Å². The molecule has 0 bridgehead atoms. The van der Waals surface area contributed by atoms with Gasteiger partial charge in [-0.25, -0.2) is 0 Å². The summed E-state index contributed by atoms with van der Waals surface area (Å²) in [6.45, 7) is 8.62. The van der Waals surface area contributed by atoms with Gasteiger partial charge in [0.05, 0.1) is 40.4 Å². The fraction of sp³-hybridized carbons (Fsp3) is 0.125. The van der Waals surface area contributed by atoms with E-state index in [-0.39, 0.29) is 6.04 Å². The average Bonchev–Trinajstić information content (AvgIpc) is 3.69. The summed E-state index contributed by atoms with van der Waals surface area (Å²) in [4.78, 5) is 0. The van der Waals surface area contributed by atoms with Crippen LogP contribution < -0.4 is 16.5 Å². The lowest BCUT2D eigenvalue weighted by atomic mass is 9.88. The predicted molar refractivity (Wildman–Crippen MR) is 226 cm³/mol. The minimum Gasteiger partial charge on any atom is -0.379 e. The van der Waals surface area contributed by atoms with Crippen LogP contribution in [-0.2, 0) is 12.8 Å². The van der Waals surface area contributed by atoms with Gasteiger partial charge < -0.3 is 15.5 Å². The zero-order chi connectivity index (χ0) is 36.1. The molecule has 10 rings (SSSR count). The molecule has 1 unspecified atom stereocenters. The Morgan fingerprint density at radius 1 is 0.717 bits per heavy atom. The summed E-state index contributed by atoms with van der Waals surface area (Å²) >= 11 is 0. The summed E-state index contributed by atoms with van der Waals surface area (Å²) < 4.78 is 4.84. The Morgan fingerprint density at radius 2 is 1.40 bits per heavy atom. The molecular formula is C48H43N5. The molecule has 1 atom stereocenters. The Hall–Kier alpha value is -6.30. The molecule has 0 saturated heterocycles. The smallest absolute Gasteiger partial charge is 0.0731 e. The monoisotopic (exact) mass is 689 g/mol. The van der Waals surface area contributed by atoms with E-state index >= 15 is 0 Å². The highest BCUT2D eigenvalue weighted by atomic mass is 15.4. The zero-order valence-corrected chi connectivity index (χ0v) is 30.2. The van der Waals surface area contributed by atoms with Crippen LogP contribution in [0.25, 0.3) is 60.1 Å². The summed E-state index contributed by atoms with van der Waals surface area (Å²) in [5.41, 5.74) is 25.1. The van der Waals surface area contributed by atoms with Gasteiger partial charge in [-0.05, 0) is 70.8 Å². The zero-order valence-electron chi connectivity index (χ0n) is 30.2. The Balaban J connectivity index is 0.00000183. The molecule has 4 N–H and O–H groups in total. The topological polar surface area (TPSA) is 59.4 Å². The molecule has 9 aromatic rings. The van der Waals surface area contributed by atoms with Crippen LogP contribution in [0.4, 0.5) is 5.69 Å². The second kappa shape index (κ2) is 13.4. The Bertz CT molecular complexity index is 2820. The number of para-hydroxylation sites is 2. The minimum atomic E-state index is -0.239. The summed E-state index contributed by atoms with van der Waals surface area (Å²) in [6.07, 6.45) is 5.93. The van der Waals surface area contributed by atoms with Crippen LogP contribution >= 0.6 is 0 Å². The van der Waals surface area contributed by atoms with Crippen LogP contribution in [0.5, 0.6) is 0 Å². The van der Waals surface area contributed by atoms with E-state index in [9.17, 15) is 0 Å². The third-order valence-corrected chi connectivity index (χ3v) is 10.8. The van der Waals surface area contributed by atoms with Crippen LogP contribution in [0.1, 0.15) is 42.3 Å². The first-order valence-corrected chi connectivity index (χ1v) is 18.7. The van der Waals surface area contributed by atoms with Crippen LogP contribution in [0.3, 0.4) is 0 Å². The minimum absolute atomic E-state index is 0.239. The number of hydrogen-bond acceptors (Lipinski definition) is 3. The molecule has 260 valence electrons. The van der Waals surface area contributed by atoms with Crippen molar-refractivity contribution >= 4 is 54.7 Å². The third kappa shape index (κ3) is 5.11. The van der Waals surface area contributed by atoms with Gasteiger partial charge in [0.15, 0.2) is 0 Å². The SMILES string of the molecule is C=C/C=C(/CNc1ccccc1C(N)c1ccccc1)Nn1c2cccc3c4cccc5c6c(n(c7cccc1c7c32)c54)CCc1ccccc1-6.CC. The normalized spacial score (nSPS) is 13.2. The van der Waals surface area contributed by atoms with E-state index in [0.717, 1.165) is 46.4 Å². The molecule has 0 spiro atoms. The van der Waals surface area contributed by atoms with E-state index in [2.05, 4.69) is 136 Å². The second-order valence-electron chi connectivity index (χ2n) is 13.6. The van der Waals surface area contributed by atoms with Crippen molar-refractivity contribution in [3.63, 3.8) is 0 Å². The molecule has 0 aliphatic heterocycles. The van der Waals surface area contributed by atoms with Gasteiger partial charge in [-0.1, -0.05) is 136 Å². The van der Waals surface area contributed by atoms with E-state index in [4.69, 9.17) is 5.73 Å². The molecular weight excluding hydrogens is 647 g/mol. The van der Waals surface area contributed by atoms with Crippen molar-refractivity contribution in [3.8, 4) is 11.1 Å². The van der Waals surface area contributed by atoms with Crippen molar-refractivity contribution in [2.45, 2.75) is 32.7 Å². The lowest BCUT2D eigenvalue weighted by Crippen LogP contribution is -2.21. The fourth-order valence-electron chi connectivity index (χ4n) is 8.65. The van der Waals surface area contributed by atoms with Gasteiger partial charge in [0, 0.05) is 38.5 Å². The maximum atomic E-state index is 6.79. The number of aromatic nitrogens is 2. The van der Waals surface area contributed by atoms with E-state index in [0.29, 0.717) is 6.54 Å². The summed E-state index contributed by atoms with van der Waals surface area (Å²) in [7, 11) is 0. The highest BCUT2D eigenvalue weighted by Gasteiger charge is 2.27. The fourth-order valence-corrected chi connectivity index (χ4v) is 8.65. The number of nitrogens with zero attached hydrogens (tertiary/aromatic N) is 2. The molecule has 0 saturated carbocycles. The molecule has 53 heavy (non-hydrogen) atoms. The van der Waals surface area contributed by atoms with Gasteiger partial charge >= 0.3 is 0 Å². The first kappa shape index (κ1) is 32.6. The Labute approximate surface area is 310 Å². The van der Waals surface area contributed by atoms with Crippen LogP contribution in [-0.4, -0.2) is 15.6 Å². The molecule has 3 aromatic heterocycles. The Kier molecular flexibility index (Phi) is 8.21. The quantitative estimate of drug-likeness (QED) is 0.139. The summed E-state index contributed by atoms with van der Waals surface area (Å²) in [6, 6.07) is 47.6. The number of nitrogens with one attached hydrogen (secondary N) is 2. The van der Waals surface area contributed by atoms with Gasteiger partial charge in [0.2, 0.25) is 0 Å². The number of rotatable bonds is 8. The lowest BCUT2D eigenvalue weighted by molar-refractivity contribution is 0.870. The lowest BCUT2D eigenvalue weighted by Gasteiger charge is -2.20. The number of allylic oxidation sites excluding steroid dienone is 2. The van der Waals surface area contributed by atoms with Gasteiger partial charge in [0.1, 0.15) is 0 Å². The van der Waals surface area contributed by atoms with Crippen LogP contribution in [0, 0.1) is 0 Å². The highest BCUT2D eigenvalue weighted by Crippen LogP contribution is 2.46. The molecule has 5 heteroatoms.